The molecule has 0 bridgehead atoms. The van der Waals surface area contributed by atoms with Gasteiger partial charge in [-0.3, -0.25) is 0 Å². The van der Waals surface area contributed by atoms with Crippen molar-refractivity contribution in [3.63, 3.8) is 0 Å². The normalized spacial score (nSPS) is 11.8. The van der Waals surface area contributed by atoms with E-state index in [1.165, 1.54) is 0 Å². The molecule has 0 aliphatic heterocycles. The van der Waals surface area contributed by atoms with Crippen molar-refractivity contribution in [1.82, 2.24) is 0 Å². The molecule has 0 rings (SSSR count). The van der Waals surface area contributed by atoms with Crippen LogP contribution in [0.2, 0.25) is 11.1 Å². The number of rotatable bonds is 5. The summed E-state index contributed by atoms with van der Waals surface area (Å²) in [4.78, 5) is 0. The van der Waals surface area contributed by atoms with E-state index in [2.05, 4.69) is 33.6 Å². The second-order valence-corrected chi connectivity index (χ2v) is 6.99. The number of hydrogen-bond acceptors (Lipinski definition) is 1. The molecular formula is C11H19OSi. The van der Waals surface area contributed by atoms with E-state index in [4.69, 9.17) is 10.8 Å². The van der Waals surface area contributed by atoms with Gasteiger partial charge in [-0.25, -0.2) is 0 Å². The first kappa shape index (κ1) is 12.5. The highest BCUT2D eigenvalue weighted by Gasteiger charge is 2.21. The monoisotopic (exact) mass is 195 g/mol. The van der Waals surface area contributed by atoms with Crippen LogP contribution in [0.1, 0.15) is 27.7 Å². The van der Waals surface area contributed by atoms with Gasteiger partial charge < -0.3 is 4.43 Å². The van der Waals surface area contributed by atoms with Crippen LogP contribution < -0.4 is 0 Å². The van der Waals surface area contributed by atoms with Gasteiger partial charge in [0.1, 0.15) is 0 Å². The highest BCUT2D eigenvalue weighted by atomic mass is 28.3. The molecule has 0 spiro atoms. The van der Waals surface area contributed by atoms with Crippen LogP contribution in [-0.4, -0.2) is 15.6 Å². The lowest BCUT2D eigenvalue weighted by Crippen LogP contribution is -2.25. The minimum Gasteiger partial charge on any atom is -0.412 e. The molecule has 0 saturated heterocycles. The van der Waals surface area contributed by atoms with Crippen LogP contribution in [-0.2, 0) is 4.43 Å². The summed E-state index contributed by atoms with van der Waals surface area (Å²) in [7, 11) is -0.679. The fourth-order valence-corrected chi connectivity index (χ4v) is 3.55. The fraction of sp³-hybridized carbons (Fsp3) is 0.636. The smallest absolute Gasteiger partial charge is 0.217 e. The molecule has 1 nitrogen and oxygen atoms in total. The quantitative estimate of drug-likeness (QED) is 0.484. The molecule has 0 saturated carbocycles. The largest absolute Gasteiger partial charge is 0.412 e. The third-order valence-corrected chi connectivity index (χ3v) is 4.47. The minimum atomic E-state index is -0.679. The number of allylic oxidation sites excluding steroid dienone is 1. The Morgan fingerprint density at radius 3 is 2.23 bits per heavy atom. The predicted octanol–water partition coefficient (Wildman–Crippen LogP) is 3.00. The molecule has 0 heterocycles. The molecule has 0 aromatic carbocycles. The van der Waals surface area contributed by atoms with Gasteiger partial charge in [-0.2, -0.15) is 0 Å². The van der Waals surface area contributed by atoms with Crippen LogP contribution in [0.25, 0.3) is 0 Å². The van der Waals surface area contributed by atoms with Crippen LogP contribution >= 0.6 is 0 Å². The maximum absolute atomic E-state index is 5.79. The maximum Gasteiger partial charge on any atom is 0.217 e. The zero-order valence-electron chi connectivity index (χ0n) is 9.00. The Hall–Kier alpha value is -0.523. The summed E-state index contributed by atoms with van der Waals surface area (Å²) < 4.78 is 5.79. The first-order valence-electron chi connectivity index (χ1n) is 4.70. The van der Waals surface area contributed by atoms with Crippen LogP contribution in [0.3, 0.4) is 0 Å². The molecule has 1 radical (unpaired) electrons. The van der Waals surface area contributed by atoms with Crippen molar-refractivity contribution in [2.24, 2.45) is 0 Å². The lowest BCUT2D eigenvalue weighted by atomic mass is 10.5. The topological polar surface area (TPSA) is 9.23 Å². The highest BCUT2D eigenvalue weighted by Crippen LogP contribution is 2.20. The Labute approximate surface area is 83.9 Å². The van der Waals surface area contributed by atoms with E-state index in [-0.39, 0.29) is 0 Å². The summed E-state index contributed by atoms with van der Waals surface area (Å²) in [6.07, 6.45) is 8.67. The van der Waals surface area contributed by atoms with E-state index in [9.17, 15) is 0 Å². The van der Waals surface area contributed by atoms with Crippen molar-refractivity contribution in [3.05, 3.63) is 12.2 Å². The van der Waals surface area contributed by atoms with Crippen LogP contribution in [0.4, 0.5) is 0 Å². The van der Waals surface area contributed by atoms with Crippen LogP contribution in [0, 0.1) is 12.3 Å². The summed E-state index contributed by atoms with van der Waals surface area (Å²) in [5.41, 5.74) is 1.31. The Kier molecular flexibility index (Phi) is 6.66. The van der Waals surface area contributed by atoms with Gasteiger partial charge in [-0.15, -0.1) is 6.42 Å². The molecule has 0 aliphatic rings. The standard InChI is InChI=1S/C11H19OSi/c1-6-7-8-9-12-13(10(2)3)11(4)5/h1,7-8,10-11H,9H2,2-5H3. The molecule has 73 valence electrons. The van der Waals surface area contributed by atoms with Gasteiger partial charge in [0.15, 0.2) is 0 Å². The third-order valence-electron chi connectivity index (χ3n) is 1.70. The first-order chi connectivity index (χ1) is 6.09. The van der Waals surface area contributed by atoms with E-state index in [1.807, 2.05) is 6.08 Å². The zero-order valence-corrected chi connectivity index (χ0v) is 10.0. The second kappa shape index (κ2) is 6.94. The highest BCUT2D eigenvalue weighted by molar-refractivity contribution is 6.54. The third kappa shape index (κ3) is 5.68. The minimum absolute atomic E-state index is 0.657. The molecule has 0 amide bonds. The molecule has 2 heteroatoms. The van der Waals surface area contributed by atoms with Crippen LogP contribution in [0.5, 0.6) is 0 Å². The Bertz CT molecular complexity index is 181. The lowest BCUT2D eigenvalue weighted by molar-refractivity contribution is 0.351. The molecule has 0 fully saturated rings. The SMILES string of the molecule is C#CC=CCO[Si](C(C)C)C(C)C. The van der Waals surface area contributed by atoms with E-state index >= 15 is 0 Å². The van der Waals surface area contributed by atoms with Crippen molar-refractivity contribution in [2.45, 2.75) is 38.8 Å². The molecule has 13 heavy (non-hydrogen) atoms. The summed E-state index contributed by atoms with van der Waals surface area (Å²) in [6.45, 7) is 9.55. The van der Waals surface area contributed by atoms with Crippen molar-refractivity contribution >= 4 is 9.04 Å². The van der Waals surface area contributed by atoms with Gasteiger partial charge in [-0.05, 0) is 17.2 Å². The summed E-state index contributed by atoms with van der Waals surface area (Å²) in [5, 5.41) is 0. The van der Waals surface area contributed by atoms with Crippen molar-refractivity contribution in [2.75, 3.05) is 6.61 Å². The van der Waals surface area contributed by atoms with Gasteiger partial charge in [0, 0.05) is 0 Å². The molecule has 0 N–H and O–H groups in total. The van der Waals surface area contributed by atoms with E-state index < -0.39 is 9.04 Å². The van der Waals surface area contributed by atoms with E-state index in [0.29, 0.717) is 17.7 Å². The Morgan fingerprint density at radius 2 is 1.85 bits per heavy atom. The molecule has 0 unspecified atom stereocenters. The zero-order chi connectivity index (χ0) is 10.3. The summed E-state index contributed by atoms with van der Waals surface area (Å²) in [5.74, 6) is 2.45. The van der Waals surface area contributed by atoms with E-state index in [1.54, 1.807) is 6.08 Å². The Morgan fingerprint density at radius 1 is 1.31 bits per heavy atom. The van der Waals surface area contributed by atoms with E-state index in [0.717, 1.165) is 0 Å². The second-order valence-electron chi connectivity index (χ2n) is 3.59. The summed E-state index contributed by atoms with van der Waals surface area (Å²) in [6, 6.07) is 0. The molecular weight excluding hydrogens is 176 g/mol. The molecule has 0 atom stereocenters. The van der Waals surface area contributed by atoms with Gasteiger partial charge in [-0.1, -0.05) is 39.7 Å². The first-order valence-corrected chi connectivity index (χ1v) is 6.26. The van der Waals surface area contributed by atoms with Gasteiger partial charge in [0.2, 0.25) is 9.04 Å². The predicted molar refractivity (Wildman–Crippen MR) is 59.9 cm³/mol. The average Bonchev–Trinajstić information content (AvgIpc) is 2.02. The van der Waals surface area contributed by atoms with Crippen molar-refractivity contribution in [1.29, 1.82) is 0 Å². The number of hydrogen-bond donors (Lipinski definition) is 0. The van der Waals surface area contributed by atoms with Crippen molar-refractivity contribution in [3.8, 4) is 12.3 Å². The number of terminal acetylenes is 1. The molecule has 0 aliphatic carbocycles. The maximum atomic E-state index is 5.79. The molecule has 0 aromatic heterocycles. The van der Waals surface area contributed by atoms with Gasteiger partial charge in [0.05, 0.1) is 6.61 Å². The van der Waals surface area contributed by atoms with Crippen molar-refractivity contribution < 1.29 is 4.43 Å². The van der Waals surface area contributed by atoms with Gasteiger partial charge in [0.25, 0.3) is 0 Å². The fourth-order valence-electron chi connectivity index (χ4n) is 1.26. The Balaban J connectivity index is 3.85. The van der Waals surface area contributed by atoms with Crippen LogP contribution in [0.15, 0.2) is 12.2 Å². The van der Waals surface area contributed by atoms with Gasteiger partial charge >= 0.3 is 0 Å². The summed E-state index contributed by atoms with van der Waals surface area (Å²) >= 11 is 0. The lowest BCUT2D eigenvalue weighted by Gasteiger charge is -2.21. The molecule has 0 aromatic rings. The average molecular weight is 195 g/mol.